The van der Waals surface area contributed by atoms with Crippen molar-refractivity contribution in [2.75, 3.05) is 6.61 Å². The Labute approximate surface area is 273 Å². The fourth-order valence-corrected chi connectivity index (χ4v) is 10.8. The molecule has 0 unspecified atom stereocenters. The molecule has 4 aliphatic carbocycles. The second-order valence-corrected chi connectivity index (χ2v) is 16.6. The van der Waals surface area contributed by atoms with Gasteiger partial charge in [-0.3, -0.25) is 9.59 Å². The minimum atomic E-state index is -1.50. The summed E-state index contributed by atoms with van der Waals surface area (Å²) < 4.78 is 12.0. The van der Waals surface area contributed by atoms with Gasteiger partial charge in [-0.15, -0.1) is 0 Å². The largest absolute Gasteiger partial charge is 0.481 e. The van der Waals surface area contributed by atoms with Crippen LogP contribution in [0.4, 0.5) is 0 Å². The number of carbonyl (C=O) groups is 2. The summed E-state index contributed by atoms with van der Waals surface area (Å²) in [5, 5.41) is 62.1. The highest BCUT2D eigenvalue weighted by Gasteiger charge is 2.68. The number of fused-ring (bicyclic) bond motifs is 3. The van der Waals surface area contributed by atoms with E-state index >= 15 is 0 Å². The van der Waals surface area contributed by atoms with Crippen molar-refractivity contribution < 1.29 is 49.7 Å². The Kier molecular flexibility index (Phi) is 9.99. The third-order valence-corrected chi connectivity index (χ3v) is 13.6. The molecule has 6 N–H and O–H groups in total. The molecule has 0 bridgehead atoms. The average Bonchev–Trinajstić information content (AvgIpc) is 3.17. The van der Waals surface area contributed by atoms with Crippen LogP contribution in [-0.2, 0) is 19.1 Å². The number of hydrogen-bond acceptors (Lipinski definition) is 9. The van der Waals surface area contributed by atoms with Crippen LogP contribution in [0.5, 0.6) is 0 Å². The summed E-state index contributed by atoms with van der Waals surface area (Å²) in [5.41, 5.74) is -0.325. The van der Waals surface area contributed by atoms with Crippen LogP contribution in [0.3, 0.4) is 0 Å². The minimum Gasteiger partial charge on any atom is -0.481 e. The standard InChI is InChI=1S/C36H58O10/c1-19(7-11-26(38)34(4,5)44)22-14-16-36(32(42)43)24-10-9-23-20(17-21(24)13-15-35(22,36)6)8-12-27(33(23,2)3)46-31-30(41)29(40)28(39)25(18-37)45-31/h19,21-22,24-25,27-31,37,39-41,44H,7-18H2,1-6H3,(H,42,43)/t19-,21-,22-,24-,25-,27-,28-,29+,30-,31+,35-,36+/m1/s1. The lowest BCUT2D eigenvalue weighted by Crippen LogP contribution is -2.60. The van der Waals surface area contributed by atoms with Crippen LogP contribution in [0.1, 0.15) is 112 Å². The molecule has 0 aromatic carbocycles. The number of aliphatic carboxylic acids is 1. The van der Waals surface area contributed by atoms with Crippen LogP contribution in [0.15, 0.2) is 11.1 Å². The molecule has 0 aromatic heterocycles. The van der Waals surface area contributed by atoms with Gasteiger partial charge < -0.3 is 40.1 Å². The SMILES string of the molecule is C[C@H](CCC(=O)C(C)(C)O)[C@H]1CC[C@@]2(C(=O)O)[C@@H]3CCC4=C(CC[C@@H](O[C@@H]5O[C@H](CO)[C@@H](O)[C@H](O)[C@H]5O)C4(C)C)C[C@H]3CC[C@]12C. The van der Waals surface area contributed by atoms with Gasteiger partial charge in [-0.25, -0.2) is 0 Å². The van der Waals surface area contributed by atoms with Gasteiger partial charge >= 0.3 is 5.97 Å². The van der Waals surface area contributed by atoms with Gasteiger partial charge in [0.2, 0.25) is 0 Å². The number of hydrogen-bond donors (Lipinski definition) is 6. The highest BCUT2D eigenvalue weighted by atomic mass is 16.7. The van der Waals surface area contributed by atoms with E-state index in [-0.39, 0.29) is 41.0 Å². The van der Waals surface area contributed by atoms with E-state index in [1.54, 1.807) is 0 Å². The summed E-state index contributed by atoms with van der Waals surface area (Å²) in [6.07, 6.45) is 1.18. The quantitative estimate of drug-likeness (QED) is 0.202. The van der Waals surface area contributed by atoms with Gasteiger partial charge in [-0.05, 0) is 107 Å². The molecule has 5 rings (SSSR count). The Morgan fingerprint density at radius 1 is 1.00 bits per heavy atom. The monoisotopic (exact) mass is 650 g/mol. The van der Waals surface area contributed by atoms with Crippen LogP contribution in [0.2, 0.25) is 0 Å². The molecule has 2 saturated carbocycles. The number of carboxylic acids is 1. The first-order valence-electron chi connectivity index (χ1n) is 17.6. The van der Waals surface area contributed by atoms with E-state index in [4.69, 9.17) is 9.47 Å². The summed E-state index contributed by atoms with van der Waals surface area (Å²) in [6, 6.07) is 0. The second kappa shape index (κ2) is 12.8. The molecule has 3 fully saturated rings. The summed E-state index contributed by atoms with van der Waals surface area (Å²) in [7, 11) is 0. The molecule has 0 spiro atoms. The molecule has 0 radical (unpaired) electrons. The molecule has 12 atom stereocenters. The zero-order chi connectivity index (χ0) is 34.0. The first-order valence-corrected chi connectivity index (χ1v) is 17.6. The van der Waals surface area contributed by atoms with Gasteiger partial charge in [0, 0.05) is 11.8 Å². The molecule has 0 amide bonds. The molecule has 262 valence electrons. The molecule has 46 heavy (non-hydrogen) atoms. The molecule has 0 aromatic rings. The highest BCUT2D eigenvalue weighted by molar-refractivity contribution is 5.86. The van der Waals surface area contributed by atoms with Crippen molar-refractivity contribution in [1.82, 2.24) is 0 Å². The summed E-state index contributed by atoms with van der Waals surface area (Å²) in [5.74, 6) is -0.183. The Balaban J connectivity index is 1.34. The molecular formula is C36H58O10. The lowest BCUT2D eigenvalue weighted by atomic mass is 9.47. The number of aliphatic hydroxyl groups is 5. The van der Waals surface area contributed by atoms with Crippen molar-refractivity contribution in [1.29, 1.82) is 0 Å². The maximum atomic E-state index is 13.5. The minimum absolute atomic E-state index is 0.0326. The van der Waals surface area contributed by atoms with Crippen LogP contribution in [0, 0.1) is 39.9 Å². The van der Waals surface area contributed by atoms with Crippen molar-refractivity contribution in [3.8, 4) is 0 Å². The fourth-order valence-electron chi connectivity index (χ4n) is 10.8. The number of ether oxygens (including phenoxy) is 2. The first kappa shape index (κ1) is 35.9. The molecule has 10 nitrogen and oxygen atoms in total. The number of aliphatic hydroxyl groups excluding tert-OH is 4. The van der Waals surface area contributed by atoms with Crippen molar-refractivity contribution in [2.24, 2.45) is 39.9 Å². The predicted molar refractivity (Wildman–Crippen MR) is 169 cm³/mol. The Morgan fingerprint density at radius 3 is 2.33 bits per heavy atom. The average molecular weight is 651 g/mol. The summed E-state index contributed by atoms with van der Waals surface area (Å²) in [4.78, 5) is 26.0. The lowest BCUT2D eigenvalue weighted by Gasteiger charge is -2.55. The van der Waals surface area contributed by atoms with E-state index < -0.39 is 59.7 Å². The van der Waals surface area contributed by atoms with Crippen LogP contribution in [0.25, 0.3) is 0 Å². The first-order chi connectivity index (χ1) is 21.4. The van der Waals surface area contributed by atoms with Crippen LogP contribution in [-0.4, -0.2) is 91.4 Å². The van der Waals surface area contributed by atoms with Gasteiger partial charge in [-0.2, -0.15) is 0 Å². The van der Waals surface area contributed by atoms with Crippen molar-refractivity contribution in [3.63, 3.8) is 0 Å². The van der Waals surface area contributed by atoms with Crippen molar-refractivity contribution >= 4 is 11.8 Å². The zero-order valence-electron chi connectivity index (χ0n) is 28.6. The van der Waals surface area contributed by atoms with Gasteiger partial charge in [-0.1, -0.05) is 38.8 Å². The van der Waals surface area contributed by atoms with Gasteiger partial charge in [0.05, 0.1) is 18.1 Å². The third kappa shape index (κ3) is 5.81. The maximum absolute atomic E-state index is 13.5. The summed E-state index contributed by atoms with van der Waals surface area (Å²) >= 11 is 0. The van der Waals surface area contributed by atoms with Crippen molar-refractivity contribution in [3.05, 3.63) is 11.1 Å². The third-order valence-electron chi connectivity index (χ3n) is 13.6. The predicted octanol–water partition coefficient (Wildman–Crippen LogP) is 3.74. The van der Waals surface area contributed by atoms with Crippen LogP contribution >= 0.6 is 0 Å². The maximum Gasteiger partial charge on any atom is 0.310 e. The molecule has 1 saturated heterocycles. The Hall–Kier alpha value is -1.40. The lowest BCUT2D eigenvalue weighted by molar-refractivity contribution is -0.318. The second-order valence-electron chi connectivity index (χ2n) is 16.6. The molecule has 10 heteroatoms. The van der Waals surface area contributed by atoms with E-state index in [1.165, 1.54) is 25.0 Å². The molecule has 1 aliphatic heterocycles. The Bertz CT molecular complexity index is 1190. The van der Waals surface area contributed by atoms with Gasteiger partial charge in [0.1, 0.15) is 30.0 Å². The van der Waals surface area contributed by atoms with E-state index in [1.807, 2.05) is 0 Å². The number of rotatable bonds is 9. The summed E-state index contributed by atoms with van der Waals surface area (Å²) in [6.45, 7) is 11.2. The Morgan fingerprint density at radius 2 is 1.70 bits per heavy atom. The van der Waals surface area contributed by atoms with E-state index in [0.717, 1.165) is 44.9 Å². The normalized spacial score (nSPS) is 43.2. The highest BCUT2D eigenvalue weighted by Crippen LogP contribution is 2.70. The van der Waals surface area contributed by atoms with Crippen molar-refractivity contribution in [2.45, 2.75) is 155 Å². The number of carbonyl (C=O) groups excluding carboxylic acids is 1. The smallest absolute Gasteiger partial charge is 0.310 e. The van der Waals surface area contributed by atoms with E-state index in [9.17, 15) is 40.2 Å². The fraction of sp³-hybridized carbons (Fsp3) is 0.889. The number of ketones is 1. The topological polar surface area (TPSA) is 174 Å². The van der Waals surface area contributed by atoms with E-state index in [0.29, 0.717) is 25.7 Å². The zero-order valence-corrected chi connectivity index (χ0v) is 28.6. The number of allylic oxidation sites excluding steroid dienone is 1. The number of Topliss-reactive ketones (excluding diaryl/α,β-unsaturated/α-hetero) is 1. The van der Waals surface area contributed by atoms with Crippen LogP contribution < -0.4 is 0 Å². The van der Waals surface area contributed by atoms with E-state index in [2.05, 4.69) is 27.7 Å². The number of carboxylic acid groups (broad SMARTS) is 1. The molecule has 1 heterocycles. The van der Waals surface area contributed by atoms with Gasteiger partial charge in [0.25, 0.3) is 0 Å². The molecular weight excluding hydrogens is 592 g/mol. The molecule has 5 aliphatic rings. The van der Waals surface area contributed by atoms with Gasteiger partial charge in [0.15, 0.2) is 12.1 Å².